The molecule has 0 N–H and O–H groups in total. The normalized spacial score (nSPS) is 11.5. The van der Waals surface area contributed by atoms with Crippen molar-refractivity contribution < 1.29 is 4.84 Å². The highest BCUT2D eigenvalue weighted by molar-refractivity contribution is 7.17. The molecule has 0 aliphatic carbocycles. The van der Waals surface area contributed by atoms with Gasteiger partial charge in [-0.15, -0.1) is 11.3 Å². The lowest BCUT2D eigenvalue weighted by Crippen LogP contribution is -1.99. The molecule has 0 spiro atoms. The molecular formula is C15H13N5OS. The quantitative estimate of drug-likeness (QED) is 0.547. The van der Waals surface area contributed by atoms with Crippen LogP contribution in [-0.4, -0.2) is 25.6 Å². The van der Waals surface area contributed by atoms with Crippen LogP contribution in [0.25, 0.3) is 10.6 Å². The van der Waals surface area contributed by atoms with Crippen molar-refractivity contribution in [2.45, 2.75) is 13.8 Å². The SMILES string of the molecule is C/C(=N\Oc1ncccn1)c1sc(-c2cccnc2)nc1C. The second-order valence-corrected chi connectivity index (χ2v) is 5.47. The molecule has 0 aliphatic heterocycles. The Morgan fingerprint density at radius 2 is 2.00 bits per heavy atom. The van der Waals surface area contributed by atoms with E-state index in [0.717, 1.165) is 26.9 Å². The number of pyridine rings is 1. The molecule has 3 rings (SSSR count). The Kier molecular flexibility index (Phi) is 4.15. The summed E-state index contributed by atoms with van der Waals surface area (Å²) in [5, 5.41) is 4.99. The summed E-state index contributed by atoms with van der Waals surface area (Å²) in [5.74, 6) is 0. The van der Waals surface area contributed by atoms with Crippen LogP contribution in [-0.2, 0) is 0 Å². The van der Waals surface area contributed by atoms with Gasteiger partial charge in [0, 0.05) is 30.4 Å². The average Bonchev–Trinajstić information content (AvgIpc) is 2.96. The Bertz CT molecular complexity index is 786. The Labute approximate surface area is 131 Å². The van der Waals surface area contributed by atoms with Gasteiger partial charge in [0.15, 0.2) is 0 Å². The number of hydrogen-bond acceptors (Lipinski definition) is 7. The van der Waals surface area contributed by atoms with Crippen LogP contribution in [0.3, 0.4) is 0 Å². The van der Waals surface area contributed by atoms with E-state index in [-0.39, 0.29) is 6.01 Å². The highest BCUT2D eigenvalue weighted by Crippen LogP contribution is 2.27. The van der Waals surface area contributed by atoms with Crippen LogP contribution in [0.4, 0.5) is 0 Å². The van der Waals surface area contributed by atoms with Gasteiger partial charge in [0.25, 0.3) is 0 Å². The smallest absolute Gasteiger partial charge is 0.315 e. The Balaban J connectivity index is 1.84. The van der Waals surface area contributed by atoms with Gasteiger partial charge < -0.3 is 4.84 Å². The van der Waals surface area contributed by atoms with Crippen molar-refractivity contribution in [1.82, 2.24) is 19.9 Å². The predicted molar refractivity (Wildman–Crippen MR) is 85.0 cm³/mol. The lowest BCUT2D eigenvalue weighted by Gasteiger charge is -1.98. The van der Waals surface area contributed by atoms with Crippen molar-refractivity contribution in [3.63, 3.8) is 0 Å². The third-order valence-corrected chi connectivity index (χ3v) is 4.16. The van der Waals surface area contributed by atoms with Gasteiger partial charge in [-0.25, -0.2) is 15.0 Å². The van der Waals surface area contributed by atoms with E-state index < -0.39 is 0 Å². The van der Waals surface area contributed by atoms with Gasteiger partial charge in [-0.2, -0.15) is 0 Å². The topological polar surface area (TPSA) is 73.2 Å². The fourth-order valence-electron chi connectivity index (χ4n) is 1.83. The first-order valence-corrected chi connectivity index (χ1v) is 7.42. The van der Waals surface area contributed by atoms with Gasteiger partial charge in [0.1, 0.15) is 5.01 Å². The van der Waals surface area contributed by atoms with Gasteiger partial charge in [-0.05, 0) is 32.0 Å². The molecule has 0 radical (unpaired) electrons. The third kappa shape index (κ3) is 3.15. The maximum atomic E-state index is 5.22. The highest BCUT2D eigenvalue weighted by Gasteiger charge is 2.12. The number of aryl methyl sites for hydroxylation is 1. The minimum absolute atomic E-state index is 0.219. The summed E-state index contributed by atoms with van der Waals surface area (Å²) >= 11 is 1.55. The van der Waals surface area contributed by atoms with E-state index in [2.05, 4.69) is 25.1 Å². The van der Waals surface area contributed by atoms with Crippen molar-refractivity contribution in [2.75, 3.05) is 0 Å². The molecule has 0 atom stereocenters. The summed E-state index contributed by atoms with van der Waals surface area (Å²) in [6.07, 6.45) is 6.74. The maximum absolute atomic E-state index is 5.22. The largest absolute Gasteiger partial charge is 0.345 e. The van der Waals surface area contributed by atoms with E-state index in [1.165, 1.54) is 0 Å². The summed E-state index contributed by atoms with van der Waals surface area (Å²) in [4.78, 5) is 22.8. The van der Waals surface area contributed by atoms with Crippen molar-refractivity contribution in [3.8, 4) is 16.6 Å². The van der Waals surface area contributed by atoms with Gasteiger partial charge in [0.2, 0.25) is 0 Å². The van der Waals surface area contributed by atoms with E-state index in [1.807, 2.05) is 26.0 Å². The molecule has 0 saturated heterocycles. The van der Waals surface area contributed by atoms with Gasteiger partial charge in [-0.1, -0.05) is 5.16 Å². The van der Waals surface area contributed by atoms with Crippen LogP contribution in [0.5, 0.6) is 6.01 Å². The second kappa shape index (κ2) is 6.40. The van der Waals surface area contributed by atoms with E-state index >= 15 is 0 Å². The number of nitrogens with zero attached hydrogens (tertiary/aromatic N) is 5. The monoisotopic (exact) mass is 311 g/mol. The van der Waals surface area contributed by atoms with Gasteiger partial charge >= 0.3 is 6.01 Å². The molecule has 3 heterocycles. The van der Waals surface area contributed by atoms with Crippen LogP contribution in [0.15, 0.2) is 48.1 Å². The Morgan fingerprint density at radius 3 is 2.73 bits per heavy atom. The van der Waals surface area contributed by atoms with E-state index in [1.54, 1.807) is 42.2 Å². The minimum Gasteiger partial charge on any atom is -0.315 e. The average molecular weight is 311 g/mol. The zero-order valence-corrected chi connectivity index (χ0v) is 12.9. The maximum Gasteiger partial charge on any atom is 0.345 e. The number of oxime groups is 1. The molecule has 0 aliphatic rings. The number of thiazole rings is 1. The van der Waals surface area contributed by atoms with Crippen molar-refractivity contribution in [2.24, 2.45) is 5.16 Å². The molecule has 3 aromatic heterocycles. The molecular weight excluding hydrogens is 298 g/mol. The molecule has 110 valence electrons. The zero-order valence-electron chi connectivity index (χ0n) is 12.1. The molecule has 0 bridgehead atoms. The summed E-state index contributed by atoms with van der Waals surface area (Å²) in [7, 11) is 0. The molecule has 22 heavy (non-hydrogen) atoms. The fourth-order valence-corrected chi connectivity index (χ4v) is 2.82. The van der Waals surface area contributed by atoms with E-state index in [9.17, 15) is 0 Å². The molecule has 0 fully saturated rings. The molecule has 0 aromatic carbocycles. The molecule has 0 amide bonds. The predicted octanol–water partition coefficient (Wildman–Crippen LogP) is 3.11. The molecule has 0 saturated carbocycles. The minimum atomic E-state index is 0.219. The van der Waals surface area contributed by atoms with Crippen LogP contribution in [0.1, 0.15) is 17.5 Å². The second-order valence-electron chi connectivity index (χ2n) is 4.47. The van der Waals surface area contributed by atoms with Crippen molar-refractivity contribution in [1.29, 1.82) is 0 Å². The zero-order chi connectivity index (χ0) is 15.4. The Hall–Kier alpha value is -2.67. The number of rotatable bonds is 4. The van der Waals surface area contributed by atoms with Crippen LogP contribution in [0, 0.1) is 6.92 Å². The number of aromatic nitrogens is 4. The fraction of sp³-hybridized carbons (Fsp3) is 0.133. The summed E-state index contributed by atoms with van der Waals surface area (Å²) in [6.45, 7) is 3.82. The number of hydrogen-bond donors (Lipinski definition) is 0. The third-order valence-electron chi connectivity index (χ3n) is 2.84. The van der Waals surface area contributed by atoms with Crippen LogP contribution in [0.2, 0.25) is 0 Å². The van der Waals surface area contributed by atoms with Crippen molar-refractivity contribution >= 4 is 17.0 Å². The molecule has 6 nitrogen and oxygen atoms in total. The van der Waals surface area contributed by atoms with Gasteiger partial charge in [-0.3, -0.25) is 4.98 Å². The molecule has 0 unspecified atom stereocenters. The van der Waals surface area contributed by atoms with Gasteiger partial charge in [0.05, 0.1) is 16.3 Å². The lowest BCUT2D eigenvalue weighted by molar-refractivity contribution is 0.312. The first kappa shape index (κ1) is 14.3. The summed E-state index contributed by atoms with van der Waals surface area (Å²) < 4.78 is 0. The molecule has 3 aromatic rings. The molecule has 7 heteroatoms. The Morgan fingerprint density at radius 1 is 1.18 bits per heavy atom. The van der Waals surface area contributed by atoms with E-state index in [0.29, 0.717) is 0 Å². The highest BCUT2D eigenvalue weighted by atomic mass is 32.1. The van der Waals surface area contributed by atoms with Crippen LogP contribution < -0.4 is 4.84 Å². The standard InChI is InChI=1S/C15H13N5OS/c1-10-13(11(2)20-21-15-17-7-4-8-18-15)22-14(19-10)12-5-3-6-16-9-12/h3-9H,1-2H3/b20-11+. The lowest BCUT2D eigenvalue weighted by atomic mass is 10.3. The first-order chi connectivity index (χ1) is 10.7. The summed E-state index contributed by atoms with van der Waals surface area (Å²) in [5.41, 5.74) is 2.63. The first-order valence-electron chi connectivity index (χ1n) is 6.61. The van der Waals surface area contributed by atoms with E-state index in [4.69, 9.17) is 4.84 Å². The van der Waals surface area contributed by atoms with Crippen molar-refractivity contribution in [3.05, 3.63) is 53.6 Å². The van der Waals surface area contributed by atoms with Crippen LogP contribution >= 0.6 is 11.3 Å². The summed E-state index contributed by atoms with van der Waals surface area (Å²) in [6, 6.07) is 5.81.